The smallest absolute Gasteiger partial charge is 0.283 e. The van der Waals surface area contributed by atoms with Crippen LogP contribution in [0.4, 0.5) is 11.4 Å². The summed E-state index contributed by atoms with van der Waals surface area (Å²) in [5.74, 6) is 0. The summed E-state index contributed by atoms with van der Waals surface area (Å²) >= 11 is 0. The molecule has 1 heterocycles. The van der Waals surface area contributed by atoms with Crippen LogP contribution in [0.25, 0.3) is 16.5 Å². The summed E-state index contributed by atoms with van der Waals surface area (Å²) in [7, 11) is 3.60. The van der Waals surface area contributed by atoms with Gasteiger partial charge in [-0.05, 0) is 42.0 Å². The molecule has 0 fully saturated rings. The molecule has 0 saturated heterocycles. The Bertz CT molecular complexity index is 1220. The van der Waals surface area contributed by atoms with Crippen LogP contribution in [0, 0.1) is 6.92 Å². The van der Waals surface area contributed by atoms with Gasteiger partial charge in [0.15, 0.2) is 0 Å². The number of anilines is 1. The first kappa shape index (κ1) is 17.7. The Morgan fingerprint density at radius 1 is 0.893 bits per heavy atom. The zero-order chi connectivity index (χ0) is 19.7. The van der Waals surface area contributed by atoms with Crippen LogP contribution < -0.4 is 10.6 Å². The minimum absolute atomic E-state index is 0.133. The predicted molar refractivity (Wildman–Crippen MR) is 113 cm³/mol. The fourth-order valence-electron chi connectivity index (χ4n) is 3.33. The quantitative estimate of drug-likeness (QED) is 0.383. The molecule has 0 radical (unpaired) electrons. The van der Waals surface area contributed by atoms with Gasteiger partial charge in [0.1, 0.15) is 5.69 Å². The van der Waals surface area contributed by atoms with E-state index in [1.807, 2.05) is 85.4 Å². The lowest BCUT2D eigenvalue weighted by Gasteiger charge is -2.09. The molecule has 6 heteroatoms. The Balaban J connectivity index is 1.69. The summed E-state index contributed by atoms with van der Waals surface area (Å²) < 4.78 is 3.46. The normalized spacial score (nSPS) is 11.4. The SMILES string of the molecule is Cc1c(N(C)N=Nc2ccc3ccccc3c2)c(=O)n(-c2ccccc2)n1C. The second kappa shape index (κ2) is 7.15. The van der Waals surface area contributed by atoms with E-state index in [2.05, 4.69) is 16.4 Å². The van der Waals surface area contributed by atoms with E-state index < -0.39 is 0 Å². The number of aromatic nitrogens is 2. The first-order chi connectivity index (χ1) is 13.6. The third kappa shape index (κ3) is 3.09. The van der Waals surface area contributed by atoms with Gasteiger partial charge in [-0.2, -0.15) is 0 Å². The molecule has 3 aromatic carbocycles. The van der Waals surface area contributed by atoms with Crippen LogP contribution in [0.15, 0.2) is 87.9 Å². The molecule has 0 unspecified atom stereocenters. The molecular formula is C22H21N5O. The summed E-state index contributed by atoms with van der Waals surface area (Å²) in [6.07, 6.45) is 0. The molecule has 6 nitrogen and oxygen atoms in total. The average molecular weight is 371 g/mol. The van der Waals surface area contributed by atoms with Crippen LogP contribution >= 0.6 is 0 Å². The van der Waals surface area contributed by atoms with Crippen molar-refractivity contribution in [3.63, 3.8) is 0 Å². The highest BCUT2D eigenvalue weighted by atomic mass is 16.1. The van der Waals surface area contributed by atoms with E-state index in [1.165, 1.54) is 5.01 Å². The third-order valence-electron chi connectivity index (χ3n) is 4.87. The van der Waals surface area contributed by atoms with Gasteiger partial charge >= 0.3 is 0 Å². The molecule has 0 saturated carbocycles. The van der Waals surface area contributed by atoms with E-state index in [0.29, 0.717) is 5.69 Å². The van der Waals surface area contributed by atoms with Crippen molar-refractivity contribution in [2.75, 3.05) is 12.1 Å². The number of para-hydroxylation sites is 1. The van der Waals surface area contributed by atoms with Crippen LogP contribution in [-0.4, -0.2) is 16.4 Å². The number of hydrogen-bond acceptors (Lipinski definition) is 3. The molecule has 0 aliphatic rings. The minimum atomic E-state index is -0.133. The maximum atomic E-state index is 13.0. The van der Waals surface area contributed by atoms with Gasteiger partial charge in [-0.15, -0.1) is 5.11 Å². The summed E-state index contributed by atoms with van der Waals surface area (Å²) in [4.78, 5) is 13.0. The number of benzene rings is 3. The van der Waals surface area contributed by atoms with Crippen molar-refractivity contribution in [2.45, 2.75) is 6.92 Å². The number of fused-ring (bicyclic) bond motifs is 1. The number of hydrogen-bond donors (Lipinski definition) is 0. The number of nitrogens with zero attached hydrogens (tertiary/aromatic N) is 5. The maximum absolute atomic E-state index is 13.0. The minimum Gasteiger partial charge on any atom is -0.283 e. The van der Waals surface area contributed by atoms with E-state index in [1.54, 1.807) is 11.7 Å². The zero-order valence-corrected chi connectivity index (χ0v) is 16.1. The molecule has 0 spiro atoms. The summed E-state index contributed by atoms with van der Waals surface area (Å²) in [6.45, 7) is 1.90. The largest absolute Gasteiger partial charge is 0.297 e. The maximum Gasteiger partial charge on any atom is 0.297 e. The van der Waals surface area contributed by atoms with Gasteiger partial charge in [0.25, 0.3) is 5.56 Å². The first-order valence-corrected chi connectivity index (χ1v) is 9.04. The third-order valence-corrected chi connectivity index (χ3v) is 4.87. The monoisotopic (exact) mass is 371 g/mol. The van der Waals surface area contributed by atoms with Gasteiger partial charge < -0.3 is 0 Å². The van der Waals surface area contributed by atoms with Crippen LogP contribution in [0.3, 0.4) is 0 Å². The van der Waals surface area contributed by atoms with E-state index in [0.717, 1.165) is 27.8 Å². The van der Waals surface area contributed by atoms with Crippen molar-refractivity contribution in [1.82, 2.24) is 9.36 Å². The molecule has 28 heavy (non-hydrogen) atoms. The Labute approximate surface area is 162 Å². The van der Waals surface area contributed by atoms with Gasteiger partial charge in [0.2, 0.25) is 0 Å². The summed E-state index contributed by atoms with van der Waals surface area (Å²) in [5, 5.41) is 12.4. The fourth-order valence-corrected chi connectivity index (χ4v) is 3.33. The lowest BCUT2D eigenvalue weighted by atomic mass is 10.1. The topological polar surface area (TPSA) is 54.9 Å². The molecule has 0 aliphatic carbocycles. The van der Waals surface area contributed by atoms with Crippen LogP contribution in [0.2, 0.25) is 0 Å². The standard InChI is InChI=1S/C22H21N5O/c1-16-21(22(28)27(26(16)3)20-11-5-4-6-12-20)25(2)24-23-19-14-13-17-9-7-8-10-18(17)15-19/h4-15H,1-3H3. The van der Waals surface area contributed by atoms with Crippen LogP contribution in [-0.2, 0) is 7.05 Å². The van der Waals surface area contributed by atoms with Crippen LogP contribution in [0.1, 0.15) is 5.69 Å². The molecule has 0 amide bonds. The summed E-state index contributed by atoms with van der Waals surface area (Å²) in [6, 6.07) is 23.6. The molecule has 0 atom stereocenters. The lowest BCUT2D eigenvalue weighted by molar-refractivity contribution is 0.630. The lowest BCUT2D eigenvalue weighted by Crippen LogP contribution is -2.23. The molecule has 1 aromatic heterocycles. The zero-order valence-electron chi connectivity index (χ0n) is 16.1. The van der Waals surface area contributed by atoms with Gasteiger partial charge in [0, 0.05) is 14.1 Å². The molecule has 4 rings (SSSR count). The second-order valence-corrected chi connectivity index (χ2v) is 6.65. The van der Waals surface area contributed by atoms with Crippen molar-refractivity contribution in [1.29, 1.82) is 0 Å². The average Bonchev–Trinajstić information content (AvgIpc) is 2.95. The molecule has 0 aliphatic heterocycles. The van der Waals surface area contributed by atoms with E-state index in [-0.39, 0.29) is 5.56 Å². The van der Waals surface area contributed by atoms with Crippen molar-refractivity contribution < 1.29 is 0 Å². The Morgan fingerprint density at radius 3 is 2.32 bits per heavy atom. The van der Waals surface area contributed by atoms with Crippen molar-refractivity contribution in [3.8, 4) is 5.69 Å². The highest BCUT2D eigenvalue weighted by molar-refractivity contribution is 5.85. The van der Waals surface area contributed by atoms with E-state index >= 15 is 0 Å². The van der Waals surface area contributed by atoms with E-state index in [4.69, 9.17) is 0 Å². The molecule has 0 N–H and O–H groups in total. The Kier molecular flexibility index (Phi) is 4.53. The van der Waals surface area contributed by atoms with Gasteiger partial charge in [-0.3, -0.25) is 9.48 Å². The Hall–Kier alpha value is -3.67. The van der Waals surface area contributed by atoms with Gasteiger partial charge in [-0.1, -0.05) is 53.8 Å². The first-order valence-electron chi connectivity index (χ1n) is 9.04. The highest BCUT2D eigenvalue weighted by Gasteiger charge is 2.19. The van der Waals surface area contributed by atoms with Crippen molar-refractivity contribution >= 4 is 22.1 Å². The molecular weight excluding hydrogens is 350 g/mol. The molecule has 0 bridgehead atoms. The summed E-state index contributed by atoms with van der Waals surface area (Å²) in [5.41, 5.74) is 2.72. The molecule has 4 aromatic rings. The highest BCUT2D eigenvalue weighted by Crippen LogP contribution is 2.23. The second-order valence-electron chi connectivity index (χ2n) is 6.65. The van der Waals surface area contributed by atoms with Gasteiger partial charge in [0.05, 0.1) is 17.1 Å². The van der Waals surface area contributed by atoms with Crippen molar-refractivity contribution in [3.05, 3.63) is 88.8 Å². The fraction of sp³-hybridized carbons (Fsp3) is 0.136. The number of rotatable bonds is 4. The Morgan fingerprint density at radius 2 is 1.57 bits per heavy atom. The van der Waals surface area contributed by atoms with Gasteiger partial charge in [-0.25, -0.2) is 9.69 Å². The van der Waals surface area contributed by atoms with Crippen LogP contribution in [0.5, 0.6) is 0 Å². The van der Waals surface area contributed by atoms with Crippen molar-refractivity contribution in [2.24, 2.45) is 17.4 Å². The predicted octanol–water partition coefficient (Wildman–Crippen LogP) is 4.77. The molecule has 140 valence electrons. The van der Waals surface area contributed by atoms with E-state index in [9.17, 15) is 4.79 Å².